The van der Waals surface area contributed by atoms with Crippen LogP contribution in [0.5, 0.6) is 0 Å². The highest BCUT2D eigenvalue weighted by atomic mass is 16.4. The normalized spacial score (nSPS) is 10.9. The molecule has 1 aromatic heterocycles. The number of rotatable bonds is 7. The van der Waals surface area contributed by atoms with Gasteiger partial charge in [-0.1, -0.05) is 19.9 Å². The number of amides is 2. The number of urea groups is 1. The maximum Gasteiger partial charge on any atom is 0.315 e. The second kappa shape index (κ2) is 7.47. The number of carboxylic acids is 1. The quantitative estimate of drug-likeness (QED) is 0.709. The third kappa shape index (κ3) is 6.72. The molecule has 1 heterocycles. The van der Waals surface area contributed by atoms with Crippen LogP contribution in [-0.4, -0.2) is 28.6 Å². The summed E-state index contributed by atoms with van der Waals surface area (Å²) >= 11 is 0. The molecule has 0 radical (unpaired) electrons. The van der Waals surface area contributed by atoms with Crippen LogP contribution >= 0.6 is 0 Å². The van der Waals surface area contributed by atoms with E-state index in [0.717, 1.165) is 5.69 Å². The highest BCUT2D eigenvalue weighted by molar-refractivity contribution is 5.73. The fourth-order valence-corrected chi connectivity index (χ4v) is 1.75. The van der Waals surface area contributed by atoms with Crippen molar-refractivity contribution in [1.82, 2.24) is 15.6 Å². The van der Waals surface area contributed by atoms with E-state index in [1.807, 2.05) is 32.0 Å². The number of carbonyl (C=O) groups is 2. The van der Waals surface area contributed by atoms with Crippen molar-refractivity contribution in [3.05, 3.63) is 30.1 Å². The van der Waals surface area contributed by atoms with E-state index in [1.165, 1.54) is 0 Å². The first-order valence-corrected chi connectivity index (χ1v) is 6.52. The molecule has 110 valence electrons. The van der Waals surface area contributed by atoms with Crippen molar-refractivity contribution >= 4 is 12.0 Å². The second-order valence-corrected chi connectivity index (χ2v) is 5.42. The Morgan fingerprint density at radius 2 is 2.05 bits per heavy atom. The summed E-state index contributed by atoms with van der Waals surface area (Å²) in [6.45, 7) is 4.54. The average molecular weight is 279 g/mol. The Bertz CT molecular complexity index is 446. The second-order valence-electron chi connectivity index (χ2n) is 5.42. The number of aromatic nitrogens is 1. The summed E-state index contributed by atoms with van der Waals surface area (Å²) in [6.07, 6.45) is 2.36. The van der Waals surface area contributed by atoms with Crippen molar-refractivity contribution in [2.24, 2.45) is 5.41 Å². The fraction of sp³-hybridized carbons (Fsp3) is 0.500. The lowest BCUT2D eigenvalue weighted by atomic mass is 9.86. The fourth-order valence-electron chi connectivity index (χ4n) is 1.75. The van der Waals surface area contributed by atoms with Gasteiger partial charge >= 0.3 is 12.0 Å². The number of nitrogens with one attached hydrogen (secondary N) is 2. The van der Waals surface area contributed by atoms with Gasteiger partial charge in [-0.05, 0) is 24.0 Å². The average Bonchev–Trinajstić information content (AvgIpc) is 2.36. The maximum atomic E-state index is 11.6. The largest absolute Gasteiger partial charge is 0.481 e. The van der Waals surface area contributed by atoms with Crippen LogP contribution in [0.2, 0.25) is 0 Å². The van der Waals surface area contributed by atoms with E-state index in [9.17, 15) is 9.59 Å². The summed E-state index contributed by atoms with van der Waals surface area (Å²) in [4.78, 5) is 26.3. The SMILES string of the molecule is CC(C)(CCNC(=O)NCc1ccccn1)CC(=O)O. The molecule has 0 saturated heterocycles. The van der Waals surface area contributed by atoms with Gasteiger partial charge in [-0.2, -0.15) is 0 Å². The number of hydrogen-bond acceptors (Lipinski definition) is 3. The predicted molar refractivity (Wildman–Crippen MR) is 75.1 cm³/mol. The first-order valence-electron chi connectivity index (χ1n) is 6.52. The topological polar surface area (TPSA) is 91.3 Å². The van der Waals surface area contributed by atoms with E-state index in [-0.39, 0.29) is 17.9 Å². The summed E-state index contributed by atoms with van der Waals surface area (Å²) in [5.74, 6) is -0.824. The Balaban J connectivity index is 2.22. The van der Waals surface area contributed by atoms with Gasteiger partial charge in [-0.25, -0.2) is 4.79 Å². The van der Waals surface area contributed by atoms with Crippen molar-refractivity contribution in [2.75, 3.05) is 6.54 Å². The molecule has 0 atom stereocenters. The summed E-state index contributed by atoms with van der Waals surface area (Å²) in [7, 11) is 0. The highest BCUT2D eigenvalue weighted by Gasteiger charge is 2.21. The Morgan fingerprint density at radius 3 is 2.65 bits per heavy atom. The number of aliphatic carboxylic acids is 1. The molecule has 20 heavy (non-hydrogen) atoms. The van der Waals surface area contributed by atoms with E-state index in [0.29, 0.717) is 19.5 Å². The zero-order chi connectivity index (χ0) is 15.0. The van der Waals surface area contributed by atoms with Gasteiger partial charge in [0.2, 0.25) is 0 Å². The van der Waals surface area contributed by atoms with Gasteiger partial charge in [-0.3, -0.25) is 9.78 Å². The summed E-state index contributed by atoms with van der Waals surface area (Å²) < 4.78 is 0. The van der Waals surface area contributed by atoms with E-state index in [2.05, 4.69) is 15.6 Å². The van der Waals surface area contributed by atoms with Crippen molar-refractivity contribution in [3.8, 4) is 0 Å². The van der Waals surface area contributed by atoms with Crippen LogP contribution in [0.1, 0.15) is 32.4 Å². The van der Waals surface area contributed by atoms with Gasteiger partial charge in [0.25, 0.3) is 0 Å². The molecule has 0 unspecified atom stereocenters. The number of nitrogens with zero attached hydrogens (tertiary/aromatic N) is 1. The molecular formula is C14H21N3O3. The van der Waals surface area contributed by atoms with Crippen LogP contribution in [0.3, 0.4) is 0 Å². The van der Waals surface area contributed by atoms with Gasteiger partial charge in [0.15, 0.2) is 0 Å². The van der Waals surface area contributed by atoms with Crippen molar-refractivity contribution in [3.63, 3.8) is 0 Å². The molecule has 0 bridgehead atoms. The van der Waals surface area contributed by atoms with Gasteiger partial charge in [0.1, 0.15) is 0 Å². The van der Waals surface area contributed by atoms with Crippen molar-refractivity contribution < 1.29 is 14.7 Å². The number of hydrogen-bond donors (Lipinski definition) is 3. The molecule has 1 rings (SSSR count). The summed E-state index contributed by atoms with van der Waals surface area (Å²) in [5.41, 5.74) is 0.453. The van der Waals surface area contributed by atoms with Crippen LogP contribution in [-0.2, 0) is 11.3 Å². The monoisotopic (exact) mass is 279 g/mol. The molecule has 0 spiro atoms. The Labute approximate surface area is 118 Å². The zero-order valence-electron chi connectivity index (χ0n) is 11.8. The lowest BCUT2D eigenvalue weighted by molar-refractivity contribution is -0.139. The minimum atomic E-state index is -0.824. The number of pyridine rings is 1. The zero-order valence-corrected chi connectivity index (χ0v) is 11.8. The van der Waals surface area contributed by atoms with E-state index >= 15 is 0 Å². The lowest BCUT2D eigenvalue weighted by Gasteiger charge is -2.22. The molecule has 2 amide bonds. The van der Waals surface area contributed by atoms with Crippen LogP contribution in [0.4, 0.5) is 4.79 Å². The lowest BCUT2D eigenvalue weighted by Crippen LogP contribution is -2.37. The molecule has 0 fully saturated rings. The molecule has 6 nitrogen and oxygen atoms in total. The van der Waals surface area contributed by atoms with Gasteiger partial charge in [0.05, 0.1) is 18.7 Å². The summed E-state index contributed by atoms with van der Waals surface area (Å²) in [6, 6.07) is 5.22. The molecule has 0 aliphatic carbocycles. The standard InChI is InChI=1S/C14H21N3O3/c1-14(2,9-12(18)19)6-8-16-13(20)17-10-11-5-3-4-7-15-11/h3-5,7H,6,8-10H2,1-2H3,(H,18,19)(H2,16,17,20). The minimum absolute atomic E-state index is 0.0875. The first kappa shape index (κ1) is 15.9. The molecule has 3 N–H and O–H groups in total. The summed E-state index contributed by atoms with van der Waals surface area (Å²) in [5, 5.41) is 14.2. The van der Waals surface area contributed by atoms with Gasteiger partial charge in [0, 0.05) is 12.7 Å². The van der Waals surface area contributed by atoms with Crippen LogP contribution < -0.4 is 10.6 Å². The maximum absolute atomic E-state index is 11.6. The Kier molecular flexibility index (Phi) is 5.96. The smallest absolute Gasteiger partial charge is 0.315 e. The highest BCUT2D eigenvalue weighted by Crippen LogP contribution is 2.23. The molecule has 6 heteroatoms. The van der Waals surface area contributed by atoms with Crippen LogP contribution in [0.15, 0.2) is 24.4 Å². The molecule has 1 aromatic rings. The number of carbonyl (C=O) groups excluding carboxylic acids is 1. The van der Waals surface area contributed by atoms with E-state index in [1.54, 1.807) is 6.20 Å². The van der Waals surface area contributed by atoms with Crippen molar-refractivity contribution in [1.29, 1.82) is 0 Å². The molecule has 0 aliphatic heterocycles. The first-order chi connectivity index (χ1) is 9.39. The predicted octanol–water partition coefficient (Wildman–Crippen LogP) is 1.77. The third-order valence-electron chi connectivity index (χ3n) is 2.87. The Morgan fingerprint density at radius 1 is 1.30 bits per heavy atom. The van der Waals surface area contributed by atoms with E-state index < -0.39 is 5.97 Å². The van der Waals surface area contributed by atoms with Crippen LogP contribution in [0.25, 0.3) is 0 Å². The Hall–Kier alpha value is -2.11. The molecule has 0 aliphatic rings. The molecule has 0 aromatic carbocycles. The molecular weight excluding hydrogens is 258 g/mol. The minimum Gasteiger partial charge on any atom is -0.481 e. The molecule has 0 saturated carbocycles. The van der Waals surface area contributed by atoms with Gasteiger partial charge in [-0.15, -0.1) is 0 Å². The van der Waals surface area contributed by atoms with Gasteiger partial charge < -0.3 is 15.7 Å². The third-order valence-corrected chi connectivity index (χ3v) is 2.87. The van der Waals surface area contributed by atoms with Crippen LogP contribution in [0, 0.1) is 5.41 Å². The number of carboxylic acid groups (broad SMARTS) is 1. The van der Waals surface area contributed by atoms with E-state index in [4.69, 9.17) is 5.11 Å². The van der Waals surface area contributed by atoms with Crippen molar-refractivity contribution in [2.45, 2.75) is 33.2 Å².